The normalized spacial score (nSPS) is 20.4. The average Bonchev–Trinajstić information content (AvgIpc) is 2.67. The van der Waals surface area contributed by atoms with E-state index >= 15 is 0 Å². The molecule has 0 bridgehead atoms. The molecule has 1 aromatic carbocycles. The molecular weight excluding hydrogens is 174 g/mol. The molecule has 2 nitrogen and oxygen atoms in total. The van der Waals surface area contributed by atoms with Crippen molar-refractivity contribution in [3.05, 3.63) is 35.9 Å². The molecule has 2 rings (SSSR count). The lowest BCUT2D eigenvalue weighted by atomic mass is 10.0. The lowest BCUT2D eigenvalue weighted by molar-refractivity contribution is 0.0858. The van der Waals surface area contributed by atoms with Crippen molar-refractivity contribution in [1.29, 1.82) is 0 Å². The molecule has 2 heteroatoms. The highest BCUT2D eigenvalue weighted by Crippen LogP contribution is 2.16. The number of hydrogen-bond donors (Lipinski definition) is 0. The van der Waals surface area contributed by atoms with E-state index in [0.717, 1.165) is 19.3 Å². The second-order valence-corrected chi connectivity index (χ2v) is 3.53. The molecule has 14 heavy (non-hydrogen) atoms. The van der Waals surface area contributed by atoms with E-state index in [1.165, 1.54) is 11.3 Å². The summed E-state index contributed by atoms with van der Waals surface area (Å²) in [5, 5.41) is 4.03. The minimum Gasteiger partial charge on any atom is -0.392 e. The number of rotatable bonds is 3. The Morgan fingerprint density at radius 1 is 1.57 bits per heavy atom. The van der Waals surface area contributed by atoms with Gasteiger partial charge in [0.05, 0.1) is 5.71 Å². The van der Waals surface area contributed by atoms with Gasteiger partial charge in [-0.3, -0.25) is 0 Å². The molecule has 0 saturated carbocycles. The van der Waals surface area contributed by atoms with Crippen LogP contribution in [0, 0.1) is 6.07 Å². The second-order valence-electron chi connectivity index (χ2n) is 3.53. The lowest BCUT2D eigenvalue weighted by Gasteiger charge is -2.06. The fourth-order valence-corrected chi connectivity index (χ4v) is 1.61. The van der Waals surface area contributed by atoms with Crippen LogP contribution < -0.4 is 0 Å². The molecule has 0 fully saturated rings. The van der Waals surface area contributed by atoms with Gasteiger partial charge in [0.25, 0.3) is 0 Å². The predicted octanol–water partition coefficient (Wildman–Crippen LogP) is 2.58. The van der Waals surface area contributed by atoms with Crippen LogP contribution in [0.15, 0.2) is 29.4 Å². The zero-order chi connectivity index (χ0) is 9.80. The first kappa shape index (κ1) is 9.25. The zero-order valence-corrected chi connectivity index (χ0v) is 8.36. The van der Waals surface area contributed by atoms with E-state index in [9.17, 15) is 0 Å². The Labute approximate surface area is 84.6 Å². The Bertz CT molecular complexity index is 318. The SMILES string of the molecule is CCC1=NOC(Cc2[c]cccc2)C1. The van der Waals surface area contributed by atoms with E-state index in [-0.39, 0.29) is 6.10 Å². The van der Waals surface area contributed by atoms with Crippen LogP contribution >= 0.6 is 0 Å². The summed E-state index contributed by atoms with van der Waals surface area (Å²) in [6, 6.07) is 11.2. The quantitative estimate of drug-likeness (QED) is 0.714. The van der Waals surface area contributed by atoms with E-state index in [4.69, 9.17) is 4.84 Å². The summed E-state index contributed by atoms with van der Waals surface area (Å²) in [6.45, 7) is 2.11. The number of nitrogens with zero attached hydrogens (tertiary/aromatic N) is 1. The minimum absolute atomic E-state index is 0.226. The first-order valence-electron chi connectivity index (χ1n) is 5.05. The van der Waals surface area contributed by atoms with Gasteiger partial charge in [0.1, 0.15) is 6.10 Å². The van der Waals surface area contributed by atoms with Crippen LogP contribution in [0.1, 0.15) is 25.3 Å². The van der Waals surface area contributed by atoms with E-state index in [2.05, 4.69) is 24.2 Å². The zero-order valence-electron chi connectivity index (χ0n) is 8.36. The Morgan fingerprint density at radius 3 is 3.14 bits per heavy atom. The third-order valence-corrected chi connectivity index (χ3v) is 2.42. The van der Waals surface area contributed by atoms with Gasteiger partial charge in [-0.1, -0.05) is 36.3 Å². The summed E-state index contributed by atoms with van der Waals surface area (Å²) in [6.07, 6.45) is 3.10. The van der Waals surface area contributed by atoms with Gasteiger partial charge < -0.3 is 4.84 Å². The number of benzene rings is 1. The van der Waals surface area contributed by atoms with Crippen molar-refractivity contribution in [2.24, 2.45) is 5.16 Å². The fourth-order valence-electron chi connectivity index (χ4n) is 1.61. The predicted molar refractivity (Wildman–Crippen MR) is 56.2 cm³/mol. The molecule has 0 aromatic heterocycles. The largest absolute Gasteiger partial charge is 0.392 e. The van der Waals surface area contributed by atoms with Crippen LogP contribution in [0.25, 0.3) is 0 Å². The fraction of sp³-hybridized carbons (Fsp3) is 0.417. The summed E-state index contributed by atoms with van der Waals surface area (Å²) in [7, 11) is 0. The molecule has 1 aliphatic rings. The van der Waals surface area contributed by atoms with Gasteiger partial charge in [0.2, 0.25) is 0 Å². The van der Waals surface area contributed by atoms with Gasteiger partial charge in [0, 0.05) is 12.8 Å². The van der Waals surface area contributed by atoms with Crippen molar-refractivity contribution in [1.82, 2.24) is 0 Å². The first-order chi connectivity index (χ1) is 6.88. The molecule has 0 N–H and O–H groups in total. The maximum Gasteiger partial charge on any atom is 0.136 e. The van der Waals surface area contributed by atoms with Crippen LogP contribution in [0.3, 0.4) is 0 Å². The van der Waals surface area contributed by atoms with Crippen molar-refractivity contribution >= 4 is 5.71 Å². The number of hydrogen-bond acceptors (Lipinski definition) is 2. The highest BCUT2D eigenvalue weighted by atomic mass is 16.6. The van der Waals surface area contributed by atoms with Crippen molar-refractivity contribution < 1.29 is 4.84 Å². The summed E-state index contributed by atoms with van der Waals surface area (Å²) >= 11 is 0. The van der Waals surface area contributed by atoms with Crippen LogP contribution in [0.5, 0.6) is 0 Å². The monoisotopic (exact) mass is 188 g/mol. The van der Waals surface area contributed by atoms with E-state index in [1.807, 2.05) is 18.2 Å². The Balaban J connectivity index is 1.90. The van der Waals surface area contributed by atoms with Gasteiger partial charge >= 0.3 is 0 Å². The maximum absolute atomic E-state index is 5.33. The van der Waals surface area contributed by atoms with Gasteiger partial charge in [-0.05, 0) is 18.1 Å². The maximum atomic E-state index is 5.33. The van der Waals surface area contributed by atoms with Gasteiger partial charge in [-0.25, -0.2) is 0 Å². The van der Waals surface area contributed by atoms with E-state index in [0.29, 0.717) is 0 Å². The lowest BCUT2D eigenvalue weighted by Crippen LogP contribution is -2.11. The molecule has 1 unspecified atom stereocenters. The van der Waals surface area contributed by atoms with Gasteiger partial charge in [0.15, 0.2) is 0 Å². The molecule has 1 aromatic rings. The topological polar surface area (TPSA) is 21.6 Å². The molecule has 0 saturated heterocycles. The molecule has 1 atom stereocenters. The smallest absolute Gasteiger partial charge is 0.136 e. The minimum atomic E-state index is 0.226. The first-order valence-corrected chi connectivity index (χ1v) is 5.05. The summed E-state index contributed by atoms with van der Waals surface area (Å²) in [5.41, 5.74) is 2.37. The molecule has 1 aliphatic heterocycles. The van der Waals surface area contributed by atoms with Crippen LogP contribution in [0.4, 0.5) is 0 Å². The molecule has 1 radical (unpaired) electrons. The van der Waals surface area contributed by atoms with Crippen LogP contribution in [-0.2, 0) is 11.3 Å². The summed E-state index contributed by atoms with van der Waals surface area (Å²) in [5.74, 6) is 0. The second kappa shape index (κ2) is 4.27. The Morgan fingerprint density at radius 2 is 2.50 bits per heavy atom. The standard InChI is InChI=1S/C12H14NO/c1-2-11-9-12(14-13-11)8-10-6-4-3-5-7-10/h3-6,12H,2,8-9H2,1H3. The summed E-state index contributed by atoms with van der Waals surface area (Å²) in [4.78, 5) is 5.33. The molecule has 0 amide bonds. The van der Waals surface area contributed by atoms with Crippen molar-refractivity contribution in [3.63, 3.8) is 0 Å². The van der Waals surface area contributed by atoms with Crippen molar-refractivity contribution in [2.45, 2.75) is 32.3 Å². The Hall–Kier alpha value is -1.31. The average molecular weight is 188 g/mol. The van der Waals surface area contributed by atoms with E-state index < -0.39 is 0 Å². The number of oxime groups is 1. The van der Waals surface area contributed by atoms with Gasteiger partial charge in [-0.15, -0.1) is 0 Å². The highest BCUT2D eigenvalue weighted by molar-refractivity contribution is 5.85. The van der Waals surface area contributed by atoms with Crippen molar-refractivity contribution in [3.8, 4) is 0 Å². The van der Waals surface area contributed by atoms with E-state index in [1.54, 1.807) is 0 Å². The third-order valence-electron chi connectivity index (χ3n) is 2.42. The molecule has 1 heterocycles. The van der Waals surface area contributed by atoms with Crippen molar-refractivity contribution in [2.75, 3.05) is 0 Å². The molecular formula is C12H14NO. The molecule has 0 aliphatic carbocycles. The summed E-state index contributed by atoms with van der Waals surface area (Å²) < 4.78 is 0. The molecule has 73 valence electrons. The highest BCUT2D eigenvalue weighted by Gasteiger charge is 2.19. The van der Waals surface area contributed by atoms with Gasteiger partial charge in [-0.2, -0.15) is 0 Å². The molecule has 0 spiro atoms. The van der Waals surface area contributed by atoms with Crippen LogP contribution in [0.2, 0.25) is 0 Å². The Kier molecular flexibility index (Phi) is 2.82. The third kappa shape index (κ3) is 2.13. The van der Waals surface area contributed by atoms with Crippen LogP contribution in [-0.4, -0.2) is 11.8 Å².